The average molecular weight is 264 g/mol. The van der Waals surface area contributed by atoms with Crippen molar-refractivity contribution >= 4 is 11.6 Å². The SMILES string of the molecule is CC(C)C1=NOC(C(=O)NCCCc2ccco2)C1. The van der Waals surface area contributed by atoms with Crippen molar-refractivity contribution < 1.29 is 14.0 Å². The molecule has 1 aromatic heterocycles. The Morgan fingerprint density at radius 2 is 2.42 bits per heavy atom. The quantitative estimate of drug-likeness (QED) is 0.800. The molecule has 5 heteroatoms. The molecule has 5 nitrogen and oxygen atoms in total. The van der Waals surface area contributed by atoms with E-state index in [0.29, 0.717) is 18.9 Å². The molecule has 2 rings (SSSR count). The number of carbonyl (C=O) groups is 1. The van der Waals surface area contributed by atoms with Gasteiger partial charge in [-0.3, -0.25) is 4.79 Å². The first-order chi connectivity index (χ1) is 9.16. The number of aryl methyl sites for hydroxylation is 1. The number of oxime groups is 1. The highest BCUT2D eigenvalue weighted by molar-refractivity contribution is 5.93. The van der Waals surface area contributed by atoms with Crippen LogP contribution in [-0.4, -0.2) is 24.3 Å². The Kier molecular flexibility index (Phi) is 4.60. The van der Waals surface area contributed by atoms with Crippen LogP contribution in [0.15, 0.2) is 28.0 Å². The van der Waals surface area contributed by atoms with E-state index in [9.17, 15) is 4.79 Å². The second kappa shape index (κ2) is 6.41. The van der Waals surface area contributed by atoms with Gasteiger partial charge in [0.15, 0.2) is 0 Å². The Morgan fingerprint density at radius 3 is 3.05 bits per heavy atom. The predicted octanol–water partition coefficient (Wildman–Crippen LogP) is 2.13. The molecule has 1 aliphatic rings. The molecule has 104 valence electrons. The standard InChI is InChI=1S/C14H20N2O3/c1-10(2)12-9-13(19-16-12)14(17)15-7-3-5-11-6-4-8-18-11/h4,6,8,10,13H,3,5,7,9H2,1-2H3,(H,15,17). The molecule has 1 N–H and O–H groups in total. The molecule has 0 aliphatic carbocycles. The smallest absolute Gasteiger partial charge is 0.264 e. The van der Waals surface area contributed by atoms with E-state index in [2.05, 4.69) is 10.5 Å². The Morgan fingerprint density at radius 1 is 1.58 bits per heavy atom. The average Bonchev–Trinajstić information content (AvgIpc) is 3.05. The Balaban J connectivity index is 1.63. The van der Waals surface area contributed by atoms with Crippen LogP contribution in [0.4, 0.5) is 0 Å². The van der Waals surface area contributed by atoms with E-state index in [4.69, 9.17) is 9.25 Å². The Labute approximate surface area is 113 Å². The molecule has 1 aliphatic heterocycles. The summed E-state index contributed by atoms with van der Waals surface area (Å²) < 4.78 is 5.23. The van der Waals surface area contributed by atoms with Gasteiger partial charge in [-0.1, -0.05) is 19.0 Å². The lowest BCUT2D eigenvalue weighted by atomic mass is 10.0. The van der Waals surface area contributed by atoms with Crippen molar-refractivity contribution in [2.45, 2.75) is 39.2 Å². The van der Waals surface area contributed by atoms with Crippen LogP contribution in [0, 0.1) is 5.92 Å². The summed E-state index contributed by atoms with van der Waals surface area (Å²) in [6.45, 7) is 4.72. The fourth-order valence-corrected chi connectivity index (χ4v) is 1.92. The van der Waals surface area contributed by atoms with Crippen molar-refractivity contribution in [2.24, 2.45) is 11.1 Å². The summed E-state index contributed by atoms with van der Waals surface area (Å²) >= 11 is 0. The van der Waals surface area contributed by atoms with Crippen molar-refractivity contribution in [3.8, 4) is 0 Å². The van der Waals surface area contributed by atoms with Crippen molar-refractivity contribution in [1.29, 1.82) is 0 Å². The summed E-state index contributed by atoms with van der Waals surface area (Å²) in [5.74, 6) is 1.19. The van der Waals surface area contributed by atoms with Crippen molar-refractivity contribution in [1.82, 2.24) is 5.32 Å². The zero-order valence-electron chi connectivity index (χ0n) is 11.4. The summed E-state index contributed by atoms with van der Waals surface area (Å²) in [4.78, 5) is 17.0. The van der Waals surface area contributed by atoms with Crippen molar-refractivity contribution in [3.05, 3.63) is 24.2 Å². The molecule has 0 fully saturated rings. The summed E-state index contributed by atoms with van der Waals surface area (Å²) in [5.41, 5.74) is 0.954. The second-order valence-corrected chi connectivity index (χ2v) is 5.01. The highest BCUT2D eigenvalue weighted by Gasteiger charge is 2.28. The van der Waals surface area contributed by atoms with Gasteiger partial charge in [0, 0.05) is 19.4 Å². The summed E-state index contributed by atoms with van der Waals surface area (Å²) in [6.07, 6.45) is 3.48. The largest absolute Gasteiger partial charge is 0.469 e. The Bertz CT molecular complexity index is 438. The normalized spacial score (nSPS) is 18.3. The lowest BCUT2D eigenvalue weighted by Gasteiger charge is -2.09. The number of hydrogen-bond acceptors (Lipinski definition) is 4. The van der Waals surface area contributed by atoms with Crippen LogP contribution < -0.4 is 5.32 Å². The van der Waals surface area contributed by atoms with Crippen LogP contribution in [0.25, 0.3) is 0 Å². The van der Waals surface area contributed by atoms with E-state index in [1.165, 1.54) is 0 Å². The molecular weight excluding hydrogens is 244 g/mol. The predicted molar refractivity (Wildman–Crippen MR) is 71.8 cm³/mol. The maximum atomic E-state index is 11.8. The van der Waals surface area contributed by atoms with Gasteiger partial charge in [-0.2, -0.15) is 0 Å². The van der Waals surface area contributed by atoms with Gasteiger partial charge in [-0.15, -0.1) is 0 Å². The first-order valence-electron chi connectivity index (χ1n) is 6.69. The number of nitrogens with one attached hydrogen (secondary N) is 1. The van der Waals surface area contributed by atoms with Gasteiger partial charge in [0.1, 0.15) is 5.76 Å². The van der Waals surface area contributed by atoms with E-state index >= 15 is 0 Å². The topological polar surface area (TPSA) is 63.8 Å². The number of carbonyl (C=O) groups excluding carboxylic acids is 1. The third-order valence-electron chi connectivity index (χ3n) is 3.13. The molecule has 19 heavy (non-hydrogen) atoms. The van der Waals surface area contributed by atoms with Gasteiger partial charge >= 0.3 is 0 Å². The monoisotopic (exact) mass is 264 g/mol. The molecule has 0 saturated heterocycles. The van der Waals surface area contributed by atoms with Gasteiger partial charge in [0.05, 0.1) is 12.0 Å². The minimum atomic E-state index is -0.457. The first-order valence-corrected chi connectivity index (χ1v) is 6.69. The van der Waals surface area contributed by atoms with E-state index in [1.54, 1.807) is 6.26 Å². The maximum absolute atomic E-state index is 11.8. The second-order valence-electron chi connectivity index (χ2n) is 5.01. The molecule has 1 aromatic rings. The zero-order valence-corrected chi connectivity index (χ0v) is 11.4. The fourth-order valence-electron chi connectivity index (χ4n) is 1.92. The molecule has 1 atom stereocenters. The minimum Gasteiger partial charge on any atom is -0.469 e. The molecule has 1 unspecified atom stereocenters. The molecular formula is C14H20N2O3. The number of rotatable bonds is 6. The maximum Gasteiger partial charge on any atom is 0.264 e. The lowest BCUT2D eigenvalue weighted by molar-refractivity contribution is -0.131. The van der Waals surface area contributed by atoms with E-state index in [0.717, 1.165) is 24.3 Å². The Hall–Kier alpha value is -1.78. The molecule has 0 bridgehead atoms. The van der Waals surface area contributed by atoms with Crippen LogP contribution in [0.5, 0.6) is 0 Å². The lowest BCUT2D eigenvalue weighted by Crippen LogP contribution is -2.35. The molecule has 0 spiro atoms. The number of amides is 1. The molecule has 0 saturated carbocycles. The van der Waals surface area contributed by atoms with Gasteiger partial charge in [-0.25, -0.2) is 0 Å². The summed E-state index contributed by atoms with van der Waals surface area (Å²) in [5, 5.41) is 6.81. The van der Waals surface area contributed by atoms with Crippen molar-refractivity contribution in [2.75, 3.05) is 6.54 Å². The summed E-state index contributed by atoms with van der Waals surface area (Å²) in [7, 11) is 0. The highest BCUT2D eigenvalue weighted by atomic mass is 16.6. The number of nitrogens with zero attached hydrogens (tertiary/aromatic N) is 1. The van der Waals surface area contributed by atoms with Crippen LogP contribution in [0.2, 0.25) is 0 Å². The van der Waals surface area contributed by atoms with Gasteiger partial charge < -0.3 is 14.6 Å². The van der Waals surface area contributed by atoms with E-state index < -0.39 is 6.10 Å². The van der Waals surface area contributed by atoms with Crippen molar-refractivity contribution in [3.63, 3.8) is 0 Å². The minimum absolute atomic E-state index is 0.0844. The third kappa shape index (κ3) is 3.84. The van der Waals surface area contributed by atoms with Gasteiger partial charge in [0.2, 0.25) is 6.10 Å². The fraction of sp³-hybridized carbons (Fsp3) is 0.571. The van der Waals surface area contributed by atoms with E-state index in [1.807, 2.05) is 26.0 Å². The number of furan rings is 1. The van der Waals surface area contributed by atoms with Crippen LogP contribution in [0.1, 0.15) is 32.4 Å². The highest BCUT2D eigenvalue weighted by Crippen LogP contribution is 2.16. The van der Waals surface area contributed by atoms with Gasteiger partial charge in [0.25, 0.3) is 5.91 Å². The van der Waals surface area contributed by atoms with Crippen LogP contribution >= 0.6 is 0 Å². The summed E-state index contributed by atoms with van der Waals surface area (Å²) in [6, 6.07) is 3.80. The molecule has 0 radical (unpaired) electrons. The van der Waals surface area contributed by atoms with Gasteiger partial charge in [-0.05, 0) is 24.5 Å². The third-order valence-corrected chi connectivity index (χ3v) is 3.13. The first kappa shape index (κ1) is 13.6. The molecule has 0 aromatic carbocycles. The van der Waals surface area contributed by atoms with E-state index in [-0.39, 0.29) is 5.91 Å². The zero-order chi connectivity index (χ0) is 13.7. The van der Waals surface area contributed by atoms with Crippen LogP contribution in [0.3, 0.4) is 0 Å². The molecule has 1 amide bonds. The molecule has 2 heterocycles. The van der Waals surface area contributed by atoms with Crippen LogP contribution in [-0.2, 0) is 16.1 Å². The number of hydrogen-bond donors (Lipinski definition) is 1.